The Balaban J connectivity index is 2.40. The molecule has 0 aliphatic heterocycles. The predicted molar refractivity (Wildman–Crippen MR) is 78.9 cm³/mol. The Morgan fingerprint density at radius 1 is 1.65 bits per heavy atom. The van der Waals surface area contributed by atoms with Gasteiger partial charge < -0.3 is 4.98 Å². The van der Waals surface area contributed by atoms with Crippen LogP contribution in [-0.2, 0) is 6.54 Å². The number of hydrogen-bond donors (Lipinski definition) is 1. The number of fused-ring (bicyclic) bond motifs is 1. The Hall–Kier alpha value is -0.590. The second kappa shape index (κ2) is 5.37. The molecule has 0 spiro atoms. The Kier molecular flexibility index (Phi) is 4.06. The second-order valence-corrected chi connectivity index (χ2v) is 6.46. The molecule has 0 radical (unpaired) electrons. The van der Waals surface area contributed by atoms with Crippen LogP contribution in [0.2, 0.25) is 0 Å². The van der Waals surface area contributed by atoms with Crippen molar-refractivity contribution in [2.45, 2.75) is 25.1 Å². The molecule has 2 aromatic rings. The van der Waals surface area contributed by atoms with Crippen LogP contribution in [0.5, 0.6) is 0 Å². The van der Waals surface area contributed by atoms with E-state index in [2.05, 4.69) is 18.2 Å². The van der Waals surface area contributed by atoms with Crippen molar-refractivity contribution in [3.63, 3.8) is 0 Å². The van der Waals surface area contributed by atoms with Gasteiger partial charge >= 0.3 is 0 Å². The number of nitrogens with zero attached hydrogens (tertiary/aromatic N) is 1. The highest BCUT2D eigenvalue weighted by Gasteiger charge is 2.07. The van der Waals surface area contributed by atoms with Crippen molar-refractivity contribution in [3.8, 4) is 0 Å². The summed E-state index contributed by atoms with van der Waals surface area (Å²) in [5.41, 5.74) is 0.881. The molecule has 0 bridgehead atoms. The molecule has 0 amide bonds. The van der Waals surface area contributed by atoms with Gasteiger partial charge in [0.15, 0.2) is 4.77 Å². The van der Waals surface area contributed by atoms with Crippen LogP contribution < -0.4 is 5.56 Å². The first-order valence-electron chi connectivity index (χ1n) is 5.36. The van der Waals surface area contributed by atoms with Crippen LogP contribution in [0.3, 0.4) is 0 Å². The van der Waals surface area contributed by atoms with E-state index in [-0.39, 0.29) is 5.56 Å². The van der Waals surface area contributed by atoms with E-state index in [4.69, 9.17) is 12.2 Å². The molecule has 0 saturated heterocycles. The van der Waals surface area contributed by atoms with Gasteiger partial charge in [0.1, 0.15) is 4.70 Å². The number of hydrogen-bond acceptors (Lipinski definition) is 4. The fourth-order valence-corrected chi connectivity index (χ4v) is 3.03. The van der Waals surface area contributed by atoms with Crippen molar-refractivity contribution in [2.24, 2.45) is 0 Å². The fraction of sp³-hybridized carbons (Fsp3) is 0.455. The molecular formula is C11H14N2OS3. The van der Waals surface area contributed by atoms with Crippen molar-refractivity contribution < 1.29 is 0 Å². The van der Waals surface area contributed by atoms with Gasteiger partial charge in [0, 0.05) is 11.8 Å². The van der Waals surface area contributed by atoms with Crippen LogP contribution in [0.25, 0.3) is 10.2 Å². The van der Waals surface area contributed by atoms with Crippen LogP contribution in [0.4, 0.5) is 0 Å². The largest absolute Gasteiger partial charge is 0.331 e. The molecule has 2 aromatic heterocycles. The minimum absolute atomic E-state index is 0.0343. The predicted octanol–water partition coefficient (Wildman–Crippen LogP) is 3.26. The number of H-pyrrole nitrogens is 1. The first-order chi connectivity index (χ1) is 8.13. The summed E-state index contributed by atoms with van der Waals surface area (Å²) in [7, 11) is 0. The summed E-state index contributed by atoms with van der Waals surface area (Å²) in [6.07, 6.45) is 3.03. The number of nitrogens with one attached hydrogen (secondary N) is 1. The van der Waals surface area contributed by atoms with Gasteiger partial charge in [0.2, 0.25) is 0 Å². The van der Waals surface area contributed by atoms with Gasteiger partial charge in [-0.05, 0) is 36.3 Å². The molecule has 0 aliphatic carbocycles. The normalized spacial score (nSPS) is 13.1. The van der Waals surface area contributed by atoms with E-state index in [0.717, 1.165) is 16.6 Å². The summed E-state index contributed by atoms with van der Waals surface area (Å²) < 4.78 is 2.95. The van der Waals surface area contributed by atoms with Gasteiger partial charge in [-0.2, -0.15) is 11.8 Å². The summed E-state index contributed by atoms with van der Waals surface area (Å²) >= 11 is 8.49. The zero-order chi connectivity index (χ0) is 12.4. The topological polar surface area (TPSA) is 37.8 Å². The van der Waals surface area contributed by atoms with Gasteiger partial charge in [-0.25, -0.2) is 0 Å². The molecule has 0 saturated carbocycles. The molecule has 3 nitrogen and oxygen atoms in total. The molecule has 1 N–H and O–H groups in total. The summed E-state index contributed by atoms with van der Waals surface area (Å²) in [5, 5.41) is 2.45. The van der Waals surface area contributed by atoms with Crippen molar-refractivity contribution in [1.82, 2.24) is 9.55 Å². The standard InChI is InChI=1S/C11H14N2OS3/c1-7(16-2)3-5-13-10(14)9-8(4-6-17-9)12-11(13)15/h4,6-7H,3,5H2,1-2H3,(H,12,15). The van der Waals surface area contributed by atoms with Gasteiger partial charge in [-0.15, -0.1) is 11.3 Å². The van der Waals surface area contributed by atoms with Crippen molar-refractivity contribution >= 4 is 45.5 Å². The Labute approximate surface area is 113 Å². The summed E-state index contributed by atoms with van der Waals surface area (Å²) in [6, 6.07) is 1.89. The molecule has 0 fully saturated rings. The first-order valence-corrected chi connectivity index (χ1v) is 7.94. The number of aromatic amines is 1. The molecular weight excluding hydrogens is 272 g/mol. The van der Waals surface area contributed by atoms with Crippen LogP contribution in [0.1, 0.15) is 13.3 Å². The monoisotopic (exact) mass is 286 g/mol. The summed E-state index contributed by atoms with van der Waals surface area (Å²) in [6.45, 7) is 2.84. The third kappa shape index (κ3) is 2.64. The van der Waals surface area contributed by atoms with E-state index in [1.165, 1.54) is 11.3 Å². The van der Waals surface area contributed by atoms with Crippen molar-refractivity contribution in [2.75, 3.05) is 6.26 Å². The lowest BCUT2D eigenvalue weighted by Gasteiger charge is -2.10. The zero-order valence-electron chi connectivity index (χ0n) is 9.73. The molecule has 6 heteroatoms. The van der Waals surface area contributed by atoms with Crippen LogP contribution >= 0.6 is 35.3 Å². The maximum atomic E-state index is 12.2. The van der Waals surface area contributed by atoms with Gasteiger partial charge in [-0.1, -0.05) is 6.92 Å². The lowest BCUT2D eigenvalue weighted by Crippen LogP contribution is -2.22. The van der Waals surface area contributed by atoms with E-state index in [9.17, 15) is 4.79 Å². The zero-order valence-corrected chi connectivity index (χ0v) is 12.2. The summed E-state index contributed by atoms with van der Waals surface area (Å²) in [4.78, 5) is 15.3. The molecule has 0 aromatic carbocycles. The van der Waals surface area contributed by atoms with E-state index in [1.54, 1.807) is 16.3 Å². The Bertz CT molecular complexity index is 625. The SMILES string of the molecule is CSC(C)CCn1c(=S)[nH]c2ccsc2c1=O. The summed E-state index contributed by atoms with van der Waals surface area (Å²) in [5.74, 6) is 0. The number of thiophene rings is 1. The highest BCUT2D eigenvalue weighted by molar-refractivity contribution is 7.99. The molecule has 1 atom stereocenters. The average molecular weight is 286 g/mol. The highest BCUT2D eigenvalue weighted by Crippen LogP contribution is 2.15. The average Bonchev–Trinajstić information content (AvgIpc) is 2.76. The second-order valence-electron chi connectivity index (χ2n) is 3.89. The maximum absolute atomic E-state index is 12.2. The molecule has 0 aliphatic rings. The Morgan fingerprint density at radius 3 is 3.12 bits per heavy atom. The van der Waals surface area contributed by atoms with Crippen LogP contribution in [0.15, 0.2) is 16.2 Å². The molecule has 17 heavy (non-hydrogen) atoms. The van der Waals surface area contributed by atoms with Gasteiger partial charge in [-0.3, -0.25) is 9.36 Å². The minimum atomic E-state index is 0.0343. The van der Waals surface area contributed by atoms with Crippen molar-refractivity contribution in [3.05, 3.63) is 26.6 Å². The number of thioether (sulfide) groups is 1. The van der Waals surface area contributed by atoms with E-state index in [1.807, 2.05) is 11.4 Å². The van der Waals surface area contributed by atoms with E-state index < -0.39 is 0 Å². The third-order valence-corrected chi connectivity index (χ3v) is 5.02. The smallest absolute Gasteiger partial charge is 0.272 e. The third-order valence-electron chi connectivity index (χ3n) is 2.75. The molecule has 2 heterocycles. The first kappa shape index (κ1) is 12.9. The number of aromatic nitrogens is 2. The number of rotatable bonds is 4. The Morgan fingerprint density at radius 2 is 2.41 bits per heavy atom. The molecule has 1 unspecified atom stereocenters. The molecule has 2 rings (SSSR count). The van der Waals surface area contributed by atoms with Crippen LogP contribution in [-0.4, -0.2) is 21.1 Å². The highest BCUT2D eigenvalue weighted by atomic mass is 32.2. The molecule has 92 valence electrons. The van der Waals surface area contributed by atoms with Gasteiger partial charge in [0.25, 0.3) is 5.56 Å². The van der Waals surface area contributed by atoms with Crippen molar-refractivity contribution in [1.29, 1.82) is 0 Å². The lowest BCUT2D eigenvalue weighted by molar-refractivity contribution is 0.609. The van der Waals surface area contributed by atoms with E-state index >= 15 is 0 Å². The maximum Gasteiger partial charge on any atom is 0.272 e. The van der Waals surface area contributed by atoms with Crippen LogP contribution in [0, 0.1) is 4.77 Å². The van der Waals surface area contributed by atoms with E-state index in [0.29, 0.717) is 16.6 Å². The fourth-order valence-electron chi connectivity index (χ4n) is 1.60. The lowest BCUT2D eigenvalue weighted by atomic mass is 10.3. The minimum Gasteiger partial charge on any atom is -0.331 e. The van der Waals surface area contributed by atoms with Gasteiger partial charge in [0.05, 0.1) is 5.52 Å². The quantitative estimate of drug-likeness (QED) is 0.877.